The molecule has 0 saturated heterocycles. The van der Waals surface area contributed by atoms with E-state index in [0.717, 1.165) is 25.0 Å². The third-order valence-corrected chi connectivity index (χ3v) is 5.35. The molecule has 0 fully saturated rings. The lowest BCUT2D eigenvalue weighted by Crippen LogP contribution is -2.20. The average Bonchev–Trinajstić information content (AvgIpc) is 3.01. The number of aryl methyl sites for hydroxylation is 1. The van der Waals surface area contributed by atoms with Crippen molar-refractivity contribution in [3.05, 3.63) is 28.8 Å². The maximum Gasteiger partial charge on any atom is 0.264 e. The predicted octanol–water partition coefficient (Wildman–Crippen LogP) is 3.06. The van der Waals surface area contributed by atoms with E-state index in [1.165, 1.54) is 4.88 Å². The highest BCUT2D eigenvalue weighted by molar-refractivity contribution is 7.15. The molecule has 132 valence electrons. The number of rotatable bonds is 4. The minimum Gasteiger partial charge on any atom is -0.486 e. The molecule has 1 atom stereocenters. The second-order valence-electron chi connectivity index (χ2n) is 6.38. The molecule has 0 saturated carbocycles. The number of fused-ring (bicyclic) bond motifs is 2. The summed E-state index contributed by atoms with van der Waals surface area (Å²) in [6.45, 7) is 3.25. The Balaban J connectivity index is 1.33. The quantitative estimate of drug-likeness (QED) is 0.907. The van der Waals surface area contributed by atoms with Gasteiger partial charge in [-0.2, -0.15) is 0 Å². The van der Waals surface area contributed by atoms with Crippen molar-refractivity contribution >= 4 is 22.4 Å². The molecule has 1 aliphatic carbocycles. The van der Waals surface area contributed by atoms with Gasteiger partial charge in [0.1, 0.15) is 19.0 Å². The van der Waals surface area contributed by atoms with Crippen molar-refractivity contribution in [1.29, 1.82) is 0 Å². The van der Waals surface area contributed by atoms with E-state index < -0.39 is 0 Å². The van der Waals surface area contributed by atoms with Gasteiger partial charge in [0, 0.05) is 10.9 Å². The van der Waals surface area contributed by atoms with E-state index in [9.17, 15) is 4.79 Å². The van der Waals surface area contributed by atoms with E-state index in [1.54, 1.807) is 29.5 Å². The molecule has 1 aromatic carbocycles. The van der Waals surface area contributed by atoms with Crippen LogP contribution in [0.5, 0.6) is 17.2 Å². The molecule has 1 aromatic heterocycles. The first-order valence-electron chi connectivity index (χ1n) is 8.48. The fourth-order valence-electron chi connectivity index (χ4n) is 3.01. The zero-order valence-corrected chi connectivity index (χ0v) is 14.9. The van der Waals surface area contributed by atoms with Gasteiger partial charge in [-0.3, -0.25) is 10.1 Å². The Morgan fingerprint density at radius 3 is 3.08 bits per heavy atom. The highest BCUT2D eigenvalue weighted by Gasteiger charge is 2.20. The normalized spacial score (nSPS) is 18.4. The minimum atomic E-state index is -0.214. The molecule has 6 nitrogen and oxygen atoms in total. The molecule has 1 amide bonds. The van der Waals surface area contributed by atoms with Gasteiger partial charge in [0.25, 0.3) is 5.91 Å². The number of anilines is 1. The van der Waals surface area contributed by atoms with E-state index in [0.29, 0.717) is 41.5 Å². The molecular weight excluding hydrogens is 340 g/mol. The molecule has 2 aliphatic rings. The summed E-state index contributed by atoms with van der Waals surface area (Å²) in [5, 5.41) is 3.50. The van der Waals surface area contributed by atoms with Crippen LogP contribution in [0.3, 0.4) is 0 Å². The van der Waals surface area contributed by atoms with E-state index >= 15 is 0 Å². The fourth-order valence-corrected chi connectivity index (χ4v) is 4.20. The molecule has 1 aliphatic heterocycles. The molecule has 0 spiro atoms. The largest absolute Gasteiger partial charge is 0.486 e. The Kier molecular flexibility index (Phi) is 4.48. The molecule has 25 heavy (non-hydrogen) atoms. The van der Waals surface area contributed by atoms with Crippen molar-refractivity contribution in [2.75, 3.05) is 25.1 Å². The van der Waals surface area contributed by atoms with Crippen LogP contribution >= 0.6 is 11.3 Å². The SMILES string of the molecule is CC1CCc2nc(NC(=O)COc3ccc4c(c3)OCCO4)sc2C1. The van der Waals surface area contributed by atoms with E-state index in [1.807, 2.05) is 0 Å². The highest BCUT2D eigenvalue weighted by atomic mass is 32.1. The maximum absolute atomic E-state index is 12.1. The van der Waals surface area contributed by atoms with E-state index in [4.69, 9.17) is 14.2 Å². The Labute approximate surface area is 150 Å². The summed E-state index contributed by atoms with van der Waals surface area (Å²) in [5.41, 5.74) is 1.13. The van der Waals surface area contributed by atoms with Crippen LogP contribution in [0.15, 0.2) is 18.2 Å². The van der Waals surface area contributed by atoms with E-state index in [2.05, 4.69) is 17.2 Å². The summed E-state index contributed by atoms with van der Waals surface area (Å²) in [5.74, 6) is 2.40. The van der Waals surface area contributed by atoms with Gasteiger partial charge in [0.2, 0.25) is 0 Å². The molecule has 2 aromatic rings. The second kappa shape index (κ2) is 6.92. The number of benzene rings is 1. The van der Waals surface area contributed by atoms with Crippen molar-refractivity contribution in [3.8, 4) is 17.2 Å². The third-order valence-electron chi connectivity index (χ3n) is 4.32. The monoisotopic (exact) mass is 360 g/mol. The number of nitrogens with zero attached hydrogens (tertiary/aromatic N) is 1. The first-order chi connectivity index (χ1) is 12.2. The summed E-state index contributed by atoms with van der Waals surface area (Å²) in [6, 6.07) is 5.30. The fraction of sp³-hybridized carbons (Fsp3) is 0.444. The number of hydrogen-bond donors (Lipinski definition) is 1. The van der Waals surface area contributed by atoms with Crippen molar-refractivity contribution in [1.82, 2.24) is 4.98 Å². The first-order valence-corrected chi connectivity index (χ1v) is 9.30. The highest BCUT2D eigenvalue weighted by Crippen LogP contribution is 2.34. The molecular formula is C18H20N2O4S. The minimum absolute atomic E-state index is 0.0692. The summed E-state index contributed by atoms with van der Waals surface area (Å²) >= 11 is 1.57. The number of carbonyl (C=O) groups is 1. The lowest BCUT2D eigenvalue weighted by molar-refractivity contribution is -0.118. The van der Waals surface area contributed by atoms with Crippen LogP contribution in [0.25, 0.3) is 0 Å². The van der Waals surface area contributed by atoms with Crippen molar-refractivity contribution in [2.45, 2.75) is 26.2 Å². The van der Waals surface area contributed by atoms with Gasteiger partial charge < -0.3 is 14.2 Å². The molecule has 2 heterocycles. The van der Waals surface area contributed by atoms with Crippen LogP contribution in [0.1, 0.15) is 23.9 Å². The zero-order chi connectivity index (χ0) is 17.2. The van der Waals surface area contributed by atoms with Gasteiger partial charge in [0.05, 0.1) is 5.69 Å². The van der Waals surface area contributed by atoms with Gasteiger partial charge in [-0.15, -0.1) is 11.3 Å². The lowest BCUT2D eigenvalue weighted by atomic mass is 9.93. The summed E-state index contributed by atoms with van der Waals surface area (Å²) < 4.78 is 16.5. The van der Waals surface area contributed by atoms with Gasteiger partial charge >= 0.3 is 0 Å². The Hall–Kier alpha value is -2.28. The number of carbonyl (C=O) groups excluding carboxylic acids is 1. The van der Waals surface area contributed by atoms with Gasteiger partial charge in [-0.25, -0.2) is 4.98 Å². The summed E-state index contributed by atoms with van der Waals surface area (Å²) in [7, 11) is 0. The van der Waals surface area contributed by atoms with Crippen LogP contribution in [0, 0.1) is 5.92 Å². The first kappa shape index (κ1) is 16.2. The Morgan fingerprint density at radius 1 is 1.36 bits per heavy atom. The number of amides is 1. The van der Waals surface area contributed by atoms with Crippen LogP contribution in [0.2, 0.25) is 0 Å². The zero-order valence-electron chi connectivity index (χ0n) is 14.0. The molecule has 0 bridgehead atoms. The number of thiazole rings is 1. The molecule has 1 N–H and O–H groups in total. The predicted molar refractivity (Wildman–Crippen MR) is 94.9 cm³/mol. The molecule has 7 heteroatoms. The Morgan fingerprint density at radius 2 is 2.20 bits per heavy atom. The summed E-state index contributed by atoms with van der Waals surface area (Å²) in [6.07, 6.45) is 3.21. The van der Waals surface area contributed by atoms with Crippen LogP contribution in [-0.2, 0) is 17.6 Å². The number of hydrogen-bond acceptors (Lipinski definition) is 6. The standard InChI is InChI=1S/C18H20N2O4S/c1-11-2-4-13-16(8-11)25-18(19-13)20-17(21)10-24-12-3-5-14-15(9-12)23-7-6-22-14/h3,5,9,11H,2,4,6-8,10H2,1H3,(H,19,20,21). The van der Waals surface area contributed by atoms with Crippen molar-refractivity contribution in [2.24, 2.45) is 5.92 Å². The smallest absolute Gasteiger partial charge is 0.264 e. The topological polar surface area (TPSA) is 69.7 Å². The molecule has 1 unspecified atom stereocenters. The van der Waals surface area contributed by atoms with Crippen LogP contribution in [-0.4, -0.2) is 30.7 Å². The van der Waals surface area contributed by atoms with Gasteiger partial charge in [-0.05, 0) is 37.3 Å². The van der Waals surface area contributed by atoms with Crippen LogP contribution in [0.4, 0.5) is 5.13 Å². The molecule has 4 rings (SSSR count). The third kappa shape index (κ3) is 3.71. The maximum atomic E-state index is 12.1. The van der Waals surface area contributed by atoms with Crippen LogP contribution < -0.4 is 19.5 Å². The van der Waals surface area contributed by atoms with E-state index in [-0.39, 0.29) is 12.5 Å². The number of ether oxygens (including phenoxy) is 3. The van der Waals surface area contributed by atoms with Gasteiger partial charge in [0.15, 0.2) is 23.2 Å². The number of aromatic nitrogens is 1. The average molecular weight is 360 g/mol. The van der Waals surface area contributed by atoms with Crippen molar-refractivity contribution < 1.29 is 19.0 Å². The molecule has 0 radical (unpaired) electrons. The lowest BCUT2D eigenvalue weighted by Gasteiger charge is -2.18. The number of nitrogens with one attached hydrogen (secondary N) is 1. The Bertz CT molecular complexity index is 789. The second-order valence-corrected chi connectivity index (χ2v) is 7.46. The van der Waals surface area contributed by atoms with Crippen molar-refractivity contribution in [3.63, 3.8) is 0 Å². The summed E-state index contributed by atoms with van der Waals surface area (Å²) in [4.78, 5) is 18.0. The van der Waals surface area contributed by atoms with Gasteiger partial charge in [-0.1, -0.05) is 6.92 Å².